The third kappa shape index (κ3) is 3.01. The molecule has 0 aromatic heterocycles. The van der Waals surface area contributed by atoms with Crippen LogP contribution in [0, 0.1) is 5.92 Å². The van der Waals surface area contributed by atoms with Gasteiger partial charge in [0.1, 0.15) is 12.1 Å². The summed E-state index contributed by atoms with van der Waals surface area (Å²) in [5.74, 6) is -0.512. The molecular weight excluding hydrogens is 344 g/mol. The van der Waals surface area contributed by atoms with Crippen LogP contribution in [0.5, 0.6) is 0 Å². The molecule has 1 saturated heterocycles. The van der Waals surface area contributed by atoms with Crippen molar-refractivity contribution in [3.8, 4) is 0 Å². The lowest BCUT2D eigenvalue weighted by Crippen LogP contribution is -2.54. The van der Waals surface area contributed by atoms with Crippen molar-refractivity contribution in [3.63, 3.8) is 0 Å². The summed E-state index contributed by atoms with van der Waals surface area (Å²) in [6.07, 6.45) is 4.19. The van der Waals surface area contributed by atoms with Crippen LogP contribution in [-0.4, -0.2) is 52.1 Å². The van der Waals surface area contributed by atoms with Crippen LogP contribution in [0.4, 0.5) is 4.79 Å². The van der Waals surface area contributed by atoms with Gasteiger partial charge in [-0.15, -0.1) is 0 Å². The van der Waals surface area contributed by atoms with E-state index in [1.54, 1.807) is 0 Å². The Labute approximate surface area is 158 Å². The number of hydrazone groups is 1. The molecule has 4 rings (SSSR count). The van der Waals surface area contributed by atoms with Crippen molar-refractivity contribution in [2.45, 2.75) is 44.6 Å². The van der Waals surface area contributed by atoms with Gasteiger partial charge in [-0.05, 0) is 24.3 Å². The van der Waals surface area contributed by atoms with Crippen LogP contribution in [0.1, 0.15) is 44.6 Å². The third-order valence-corrected chi connectivity index (χ3v) is 5.99. The Bertz CT molecular complexity index is 807. The highest BCUT2D eigenvalue weighted by Crippen LogP contribution is 2.38. The number of amides is 4. The van der Waals surface area contributed by atoms with Crippen LogP contribution < -0.4 is 5.32 Å². The normalized spacial score (nSPS) is 27.9. The van der Waals surface area contributed by atoms with Crippen LogP contribution in [0.25, 0.3) is 0 Å². The lowest BCUT2D eigenvalue weighted by molar-refractivity contribution is -0.140. The molecule has 4 amide bonds. The predicted octanol–water partition coefficient (Wildman–Crippen LogP) is 2.12. The fourth-order valence-electron chi connectivity index (χ4n) is 4.33. The molecule has 2 aliphatic heterocycles. The van der Waals surface area contributed by atoms with Crippen LogP contribution in [0.3, 0.4) is 0 Å². The van der Waals surface area contributed by atoms with Gasteiger partial charge in [0.2, 0.25) is 0 Å². The van der Waals surface area contributed by atoms with E-state index in [1.165, 1.54) is 5.01 Å². The summed E-state index contributed by atoms with van der Waals surface area (Å²) < 4.78 is 0. The maximum absolute atomic E-state index is 13.0. The second-order valence-electron chi connectivity index (χ2n) is 7.62. The van der Waals surface area contributed by atoms with Crippen LogP contribution in [0.15, 0.2) is 35.4 Å². The number of urea groups is 1. The molecule has 2 atom stereocenters. The van der Waals surface area contributed by atoms with Gasteiger partial charge < -0.3 is 5.32 Å². The monoisotopic (exact) mass is 368 g/mol. The first-order valence-corrected chi connectivity index (χ1v) is 9.58. The molecule has 2 heterocycles. The first kappa shape index (κ1) is 17.7. The van der Waals surface area contributed by atoms with E-state index in [2.05, 4.69) is 10.4 Å². The molecule has 1 spiro atoms. The summed E-state index contributed by atoms with van der Waals surface area (Å²) in [5, 5.41) is 8.65. The fraction of sp³-hybridized carbons (Fsp3) is 0.500. The van der Waals surface area contributed by atoms with Crippen molar-refractivity contribution >= 4 is 23.6 Å². The number of rotatable bonds is 3. The molecule has 0 radical (unpaired) electrons. The van der Waals surface area contributed by atoms with Crippen LogP contribution in [-0.2, 0) is 9.59 Å². The molecule has 27 heavy (non-hydrogen) atoms. The number of nitrogens with one attached hydrogen (secondary N) is 1. The fourth-order valence-corrected chi connectivity index (χ4v) is 4.33. The van der Waals surface area contributed by atoms with E-state index in [-0.39, 0.29) is 24.3 Å². The molecule has 1 aromatic rings. The van der Waals surface area contributed by atoms with Crippen molar-refractivity contribution in [1.82, 2.24) is 15.2 Å². The Kier molecular flexibility index (Phi) is 4.45. The van der Waals surface area contributed by atoms with Gasteiger partial charge in [-0.25, -0.2) is 9.80 Å². The zero-order chi connectivity index (χ0) is 19.0. The molecule has 2 unspecified atom stereocenters. The van der Waals surface area contributed by atoms with Crippen molar-refractivity contribution in [3.05, 3.63) is 35.9 Å². The number of benzene rings is 1. The molecule has 7 heteroatoms. The zero-order valence-corrected chi connectivity index (χ0v) is 15.5. The van der Waals surface area contributed by atoms with E-state index in [4.69, 9.17) is 0 Å². The lowest BCUT2D eigenvalue weighted by atomic mass is 9.73. The van der Waals surface area contributed by atoms with Crippen molar-refractivity contribution in [2.75, 3.05) is 13.1 Å². The Balaban J connectivity index is 1.46. The van der Waals surface area contributed by atoms with Crippen LogP contribution >= 0.6 is 0 Å². The highest BCUT2D eigenvalue weighted by Gasteiger charge is 2.55. The minimum absolute atomic E-state index is 0.0808. The number of hydrogen-bond acceptors (Lipinski definition) is 4. The highest BCUT2D eigenvalue weighted by atomic mass is 16.2. The summed E-state index contributed by atoms with van der Waals surface area (Å²) in [7, 11) is 0. The Morgan fingerprint density at radius 1 is 1.26 bits per heavy atom. The number of carbonyl (C=O) groups is 3. The van der Waals surface area contributed by atoms with Gasteiger partial charge in [0.15, 0.2) is 0 Å². The second kappa shape index (κ2) is 6.79. The smallest absolute Gasteiger partial charge is 0.323 e. The predicted molar refractivity (Wildman–Crippen MR) is 99.9 cm³/mol. The molecule has 1 aliphatic carbocycles. The highest BCUT2D eigenvalue weighted by molar-refractivity contribution is 6.09. The lowest BCUT2D eigenvalue weighted by Gasteiger charge is -2.36. The third-order valence-electron chi connectivity index (χ3n) is 5.99. The second-order valence-corrected chi connectivity index (χ2v) is 7.62. The Hall–Kier alpha value is -2.70. The van der Waals surface area contributed by atoms with Gasteiger partial charge in [-0.1, -0.05) is 50.1 Å². The number of nitrogens with zero attached hydrogens (tertiary/aromatic N) is 3. The molecule has 2 fully saturated rings. The molecule has 142 valence electrons. The maximum Gasteiger partial charge on any atom is 0.325 e. The summed E-state index contributed by atoms with van der Waals surface area (Å²) in [6.45, 7) is 2.21. The van der Waals surface area contributed by atoms with E-state index in [0.717, 1.165) is 35.4 Å². The summed E-state index contributed by atoms with van der Waals surface area (Å²) in [4.78, 5) is 39.1. The van der Waals surface area contributed by atoms with Crippen molar-refractivity contribution in [2.24, 2.45) is 11.0 Å². The van der Waals surface area contributed by atoms with Crippen molar-refractivity contribution in [1.29, 1.82) is 0 Å². The Morgan fingerprint density at radius 2 is 2.04 bits per heavy atom. The SMILES string of the molecule is CC1CCCCC12NC(=O)N(CC(=O)N1CCC(c3ccccc3)=N1)C2=O. The van der Waals surface area contributed by atoms with Gasteiger partial charge in [0.05, 0.1) is 12.3 Å². The van der Waals surface area contributed by atoms with Gasteiger partial charge in [-0.2, -0.15) is 5.10 Å². The molecule has 1 N–H and O–H groups in total. The van der Waals surface area contributed by atoms with Gasteiger partial charge in [0, 0.05) is 6.42 Å². The zero-order valence-electron chi connectivity index (χ0n) is 15.5. The molecule has 1 saturated carbocycles. The van der Waals surface area contributed by atoms with E-state index in [1.807, 2.05) is 37.3 Å². The number of carbonyl (C=O) groups excluding carboxylic acids is 3. The summed E-state index contributed by atoms with van der Waals surface area (Å²) in [6, 6.07) is 9.24. The first-order chi connectivity index (χ1) is 13.0. The van der Waals surface area contributed by atoms with E-state index >= 15 is 0 Å². The summed E-state index contributed by atoms with van der Waals surface area (Å²) >= 11 is 0. The molecule has 0 bridgehead atoms. The van der Waals surface area contributed by atoms with Crippen molar-refractivity contribution < 1.29 is 14.4 Å². The van der Waals surface area contributed by atoms with Gasteiger partial charge in [0.25, 0.3) is 11.8 Å². The summed E-state index contributed by atoms with van der Waals surface area (Å²) in [5.41, 5.74) is 0.996. The van der Waals surface area contributed by atoms with E-state index in [0.29, 0.717) is 19.4 Å². The average molecular weight is 368 g/mol. The van der Waals surface area contributed by atoms with Gasteiger partial charge >= 0.3 is 6.03 Å². The van der Waals surface area contributed by atoms with Gasteiger partial charge in [-0.3, -0.25) is 14.5 Å². The van der Waals surface area contributed by atoms with E-state index < -0.39 is 11.6 Å². The van der Waals surface area contributed by atoms with E-state index in [9.17, 15) is 14.4 Å². The largest absolute Gasteiger partial charge is 0.325 e. The number of hydrogen-bond donors (Lipinski definition) is 1. The minimum atomic E-state index is -0.834. The molecule has 1 aromatic carbocycles. The molecular formula is C20H24N4O3. The minimum Gasteiger partial charge on any atom is -0.323 e. The quantitative estimate of drug-likeness (QED) is 0.830. The topological polar surface area (TPSA) is 82.1 Å². The number of imide groups is 1. The first-order valence-electron chi connectivity index (χ1n) is 9.58. The standard InChI is InChI=1S/C20H24N4O3/c1-14-7-5-6-11-20(14)18(26)23(19(27)21-20)13-17(25)24-12-10-16(22-24)15-8-3-2-4-9-15/h2-4,8-9,14H,5-7,10-13H2,1H3,(H,21,27). The maximum atomic E-state index is 13.0. The molecule has 3 aliphatic rings. The molecule has 7 nitrogen and oxygen atoms in total. The van der Waals surface area contributed by atoms with Crippen LogP contribution in [0.2, 0.25) is 0 Å². The average Bonchev–Trinajstić information content (AvgIpc) is 3.25. The Morgan fingerprint density at radius 3 is 2.78 bits per heavy atom.